The molecule has 0 fully saturated rings. The molecule has 0 saturated heterocycles. The highest BCUT2D eigenvalue weighted by Gasteiger charge is 2.30. The maximum absolute atomic E-state index is 13.1. The van der Waals surface area contributed by atoms with E-state index in [1.165, 1.54) is 11.0 Å². The van der Waals surface area contributed by atoms with E-state index in [0.29, 0.717) is 18.0 Å². The van der Waals surface area contributed by atoms with E-state index in [1.807, 2.05) is 31.2 Å². The standard InChI is InChI=1S/C17H15N5O2/c1-12-9-24-15-5-3-2-4-14(15)22(12)17(23)13-6-7-19-16(8-13)21-11-18-10-20-21/h2-8,10-12H,9H2,1H3/t12-/m1/s1. The molecule has 2 aromatic heterocycles. The number of benzene rings is 1. The number of fused-ring (bicyclic) bond motifs is 1. The second kappa shape index (κ2) is 5.77. The van der Waals surface area contributed by atoms with E-state index < -0.39 is 0 Å². The summed E-state index contributed by atoms with van der Waals surface area (Å²) in [6.45, 7) is 2.43. The third-order valence-corrected chi connectivity index (χ3v) is 3.91. The number of aromatic nitrogens is 4. The van der Waals surface area contributed by atoms with Crippen LogP contribution in [0.1, 0.15) is 17.3 Å². The van der Waals surface area contributed by atoms with Crippen molar-refractivity contribution in [2.75, 3.05) is 11.5 Å². The molecule has 0 spiro atoms. The quantitative estimate of drug-likeness (QED) is 0.722. The molecule has 120 valence electrons. The first-order valence-electron chi connectivity index (χ1n) is 7.60. The fourth-order valence-electron chi connectivity index (χ4n) is 2.75. The lowest BCUT2D eigenvalue weighted by Gasteiger charge is -2.35. The topological polar surface area (TPSA) is 73.1 Å². The number of para-hydroxylation sites is 2. The molecule has 7 heteroatoms. The van der Waals surface area contributed by atoms with Crippen LogP contribution < -0.4 is 9.64 Å². The van der Waals surface area contributed by atoms with E-state index in [-0.39, 0.29) is 11.9 Å². The van der Waals surface area contributed by atoms with Crippen LogP contribution in [0.5, 0.6) is 5.75 Å². The zero-order valence-electron chi connectivity index (χ0n) is 13.0. The van der Waals surface area contributed by atoms with Crippen LogP contribution >= 0.6 is 0 Å². The molecule has 1 amide bonds. The number of hydrogen-bond donors (Lipinski definition) is 0. The third kappa shape index (κ3) is 2.40. The number of anilines is 1. The lowest BCUT2D eigenvalue weighted by atomic mass is 10.1. The molecule has 1 aliphatic heterocycles. The molecule has 0 N–H and O–H groups in total. The molecular weight excluding hydrogens is 306 g/mol. The molecule has 7 nitrogen and oxygen atoms in total. The summed E-state index contributed by atoms with van der Waals surface area (Å²) in [5, 5.41) is 4.05. The van der Waals surface area contributed by atoms with Crippen molar-refractivity contribution in [2.45, 2.75) is 13.0 Å². The zero-order chi connectivity index (χ0) is 16.5. The predicted octanol–water partition coefficient (Wildman–Crippen LogP) is 2.09. The molecule has 1 aliphatic rings. The minimum Gasteiger partial charge on any atom is -0.489 e. The summed E-state index contributed by atoms with van der Waals surface area (Å²) in [5.74, 6) is 1.17. The van der Waals surface area contributed by atoms with Gasteiger partial charge in [0.2, 0.25) is 0 Å². The molecule has 3 heterocycles. The first-order chi connectivity index (χ1) is 11.7. The summed E-state index contributed by atoms with van der Waals surface area (Å²) in [6, 6.07) is 10.9. The van der Waals surface area contributed by atoms with Crippen molar-refractivity contribution in [3.63, 3.8) is 0 Å². The number of hydrogen-bond acceptors (Lipinski definition) is 5. The average Bonchev–Trinajstić information content (AvgIpc) is 3.16. The van der Waals surface area contributed by atoms with Gasteiger partial charge in [-0.1, -0.05) is 12.1 Å². The van der Waals surface area contributed by atoms with E-state index in [9.17, 15) is 4.79 Å². The molecule has 4 rings (SSSR count). The maximum atomic E-state index is 13.1. The number of carbonyl (C=O) groups is 1. The number of amides is 1. The summed E-state index contributed by atoms with van der Waals surface area (Å²) >= 11 is 0. The molecule has 0 bridgehead atoms. The van der Waals surface area contributed by atoms with Gasteiger partial charge in [0, 0.05) is 11.8 Å². The van der Waals surface area contributed by atoms with Crippen molar-refractivity contribution in [3.8, 4) is 11.6 Å². The zero-order valence-corrected chi connectivity index (χ0v) is 13.0. The minimum atomic E-state index is -0.0954. The van der Waals surface area contributed by atoms with Crippen molar-refractivity contribution in [1.29, 1.82) is 0 Å². The molecule has 0 saturated carbocycles. The van der Waals surface area contributed by atoms with Crippen molar-refractivity contribution in [3.05, 3.63) is 60.8 Å². The van der Waals surface area contributed by atoms with Crippen LogP contribution in [0.4, 0.5) is 5.69 Å². The summed E-state index contributed by atoms with van der Waals surface area (Å²) in [4.78, 5) is 23.0. The number of ether oxygens (including phenoxy) is 1. The van der Waals surface area contributed by atoms with Gasteiger partial charge in [-0.25, -0.2) is 14.6 Å². The Bertz CT molecular complexity index is 878. The lowest BCUT2D eigenvalue weighted by Crippen LogP contribution is -2.45. The largest absolute Gasteiger partial charge is 0.489 e. The first-order valence-corrected chi connectivity index (χ1v) is 7.60. The van der Waals surface area contributed by atoms with Crippen molar-refractivity contribution in [1.82, 2.24) is 19.7 Å². The van der Waals surface area contributed by atoms with E-state index in [0.717, 1.165) is 11.4 Å². The molecule has 1 aromatic carbocycles. The van der Waals surface area contributed by atoms with Crippen LogP contribution in [0.2, 0.25) is 0 Å². The second-order valence-corrected chi connectivity index (χ2v) is 5.55. The highest BCUT2D eigenvalue weighted by Crippen LogP contribution is 2.34. The van der Waals surface area contributed by atoms with E-state index in [1.54, 1.807) is 29.6 Å². The van der Waals surface area contributed by atoms with Crippen LogP contribution in [0.25, 0.3) is 5.82 Å². The van der Waals surface area contributed by atoms with Crippen molar-refractivity contribution < 1.29 is 9.53 Å². The normalized spacial score (nSPS) is 16.4. The van der Waals surface area contributed by atoms with Gasteiger partial charge in [0.1, 0.15) is 25.0 Å². The van der Waals surface area contributed by atoms with Crippen LogP contribution in [0, 0.1) is 0 Å². The fraction of sp³-hybridized carbons (Fsp3) is 0.176. The monoisotopic (exact) mass is 321 g/mol. The number of nitrogens with zero attached hydrogens (tertiary/aromatic N) is 5. The number of rotatable bonds is 2. The minimum absolute atomic E-state index is 0.0598. The second-order valence-electron chi connectivity index (χ2n) is 5.55. The molecule has 24 heavy (non-hydrogen) atoms. The van der Waals surface area contributed by atoms with Gasteiger partial charge < -0.3 is 4.74 Å². The predicted molar refractivity (Wildman–Crippen MR) is 87.4 cm³/mol. The Kier molecular flexibility index (Phi) is 3.45. The molecule has 0 unspecified atom stereocenters. The Morgan fingerprint density at radius 2 is 2.17 bits per heavy atom. The summed E-state index contributed by atoms with van der Waals surface area (Å²) in [7, 11) is 0. The van der Waals surface area contributed by atoms with Crippen LogP contribution in [-0.4, -0.2) is 38.3 Å². The van der Waals surface area contributed by atoms with Gasteiger partial charge in [0.25, 0.3) is 5.91 Å². The number of carbonyl (C=O) groups excluding carboxylic acids is 1. The summed E-state index contributed by atoms with van der Waals surface area (Å²) in [6.07, 6.45) is 4.57. The van der Waals surface area contributed by atoms with Gasteiger partial charge in [-0.2, -0.15) is 5.10 Å². The van der Waals surface area contributed by atoms with Crippen LogP contribution in [0.15, 0.2) is 55.2 Å². The Hall–Kier alpha value is -3.22. The smallest absolute Gasteiger partial charge is 0.258 e. The first kappa shape index (κ1) is 14.4. The fourth-order valence-corrected chi connectivity index (χ4v) is 2.75. The van der Waals surface area contributed by atoms with Crippen molar-refractivity contribution in [2.24, 2.45) is 0 Å². The molecule has 3 aromatic rings. The van der Waals surface area contributed by atoms with Gasteiger partial charge in [-0.05, 0) is 31.2 Å². The molecular formula is C17H15N5O2. The Morgan fingerprint density at radius 3 is 3.00 bits per heavy atom. The lowest BCUT2D eigenvalue weighted by molar-refractivity contribution is 0.0961. The SMILES string of the molecule is C[C@@H]1COc2ccccc2N1C(=O)c1ccnc(-n2cncn2)c1. The average molecular weight is 321 g/mol. The Morgan fingerprint density at radius 1 is 1.29 bits per heavy atom. The summed E-state index contributed by atoms with van der Waals surface area (Å²) in [5.41, 5.74) is 1.32. The molecule has 0 aliphatic carbocycles. The van der Waals surface area contributed by atoms with Gasteiger partial charge >= 0.3 is 0 Å². The van der Waals surface area contributed by atoms with Gasteiger partial charge in [-0.15, -0.1) is 0 Å². The van der Waals surface area contributed by atoms with E-state index in [2.05, 4.69) is 15.1 Å². The molecule has 0 radical (unpaired) electrons. The third-order valence-electron chi connectivity index (χ3n) is 3.91. The van der Waals surface area contributed by atoms with Gasteiger partial charge in [0.05, 0.1) is 11.7 Å². The Balaban J connectivity index is 1.73. The Labute approximate surface area is 138 Å². The molecule has 1 atom stereocenters. The van der Waals surface area contributed by atoms with Gasteiger partial charge in [0.15, 0.2) is 5.82 Å². The maximum Gasteiger partial charge on any atom is 0.258 e. The highest BCUT2D eigenvalue weighted by atomic mass is 16.5. The van der Waals surface area contributed by atoms with Gasteiger partial charge in [-0.3, -0.25) is 9.69 Å². The highest BCUT2D eigenvalue weighted by molar-refractivity contribution is 6.07. The number of pyridine rings is 1. The van der Waals surface area contributed by atoms with E-state index in [4.69, 9.17) is 4.74 Å². The van der Waals surface area contributed by atoms with Crippen LogP contribution in [0.3, 0.4) is 0 Å². The summed E-state index contributed by atoms with van der Waals surface area (Å²) < 4.78 is 7.23. The van der Waals surface area contributed by atoms with Crippen molar-refractivity contribution >= 4 is 11.6 Å². The van der Waals surface area contributed by atoms with Crippen LogP contribution in [-0.2, 0) is 0 Å². The van der Waals surface area contributed by atoms with E-state index >= 15 is 0 Å².